The number of aryl methyl sites for hydroxylation is 1. The van der Waals surface area contributed by atoms with Crippen LogP contribution in [0, 0.1) is 6.92 Å². The number of carboxylic acid groups (broad SMARTS) is 1. The first-order valence-corrected chi connectivity index (χ1v) is 10.7. The summed E-state index contributed by atoms with van der Waals surface area (Å²) in [6.45, 7) is 4.11. The first kappa shape index (κ1) is 27.0. The minimum Gasteiger partial charge on any atom is -0.494 e. The van der Waals surface area contributed by atoms with Crippen LogP contribution in [-0.4, -0.2) is 51.0 Å². The van der Waals surface area contributed by atoms with Crippen molar-refractivity contribution in [2.75, 3.05) is 13.2 Å². The second-order valence-corrected chi connectivity index (χ2v) is 7.65. The molecule has 2 unspecified atom stereocenters. The van der Waals surface area contributed by atoms with Crippen LogP contribution < -0.4 is 25.7 Å². The van der Waals surface area contributed by atoms with Crippen LogP contribution in [0.5, 0.6) is 17.5 Å². The number of hydrogen-bond acceptors (Lipinski definition) is 9. The van der Waals surface area contributed by atoms with E-state index in [1.807, 2.05) is 32.0 Å². The molecule has 2 heterocycles. The molecule has 0 saturated carbocycles. The van der Waals surface area contributed by atoms with Gasteiger partial charge in [-0.15, -0.1) is 12.4 Å². The molecule has 0 aliphatic rings. The van der Waals surface area contributed by atoms with Gasteiger partial charge < -0.3 is 25.1 Å². The molecule has 3 aromatic rings. The van der Waals surface area contributed by atoms with Gasteiger partial charge in [-0.05, 0) is 44.0 Å². The van der Waals surface area contributed by atoms with Crippen molar-refractivity contribution in [3.63, 3.8) is 0 Å². The molecule has 2 atom stereocenters. The maximum atomic E-state index is 10.7. The number of rotatable bonds is 12. The Labute approximate surface area is 204 Å². The number of halogens is 1. The van der Waals surface area contributed by atoms with Crippen LogP contribution in [0.4, 0.5) is 0 Å². The number of carboxylic acids is 1. The lowest BCUT2D eigenvalue weighted by molar-refractivity contribution is -0.137. The van der Waals surface area contributed by atoms with E-state index in [2.05, 4.69) is 15.0 Å². The van der Waals surface area contributed by atoms with E-state index in [-0.39, 0.29) is 31.4 Å². The Morgan fingerprint density at radius 2 is 1.94 bits per heavy atom. The third-order valence-electron chi connectivity index (χ3n) is 5.10. The molecule has 0 aliphatic carbocycles. The van der Waals surface area contributed by atoms with E-state index in [0.717, 1.165) is 16.6 Å². The van der Waals surface area contributed by atoms with Crippen molar-refractivity contribution < 1.29 is 24.1 Å². The molecule has 11 heteroatoms. The van der Waals surface area contributed by atoms with Gasteiger partial charge in [0, 0.05) is 36.0 Å². The topological polar surface area (TPSA) is 156 Å². The molecule has 184 valence electrons. The number of fused-ring (bicyclic) bond motifs is 1. The molecule has 0 spiro atoms. The zero-order valence-electron chi connectivity index (χ0n) is 19.1. The summed E-state index contributed by atoms with van der Waals surface area (Å²) in [5.74, 6) is 0.326. The number of nitrogens with two attached hydrogens (primary N) is 2. The normalized spacial score (nSPS) is 13.4. The molecule has 0 bridgehead atoms. The Morgan fingerprint density at radius 3 is 2.62 bits per heavy atom. The van der Waals surface area contributed by atoms with Gasteiger partial charge in [0.15, 0.2) is 5.72 Å². The number of aromatic nitrogens is 3. The number of carbonyl (C=O) groups is 1. The number of nitrogens with zero attached hydrogens (tertiary/aromatic N) is 3. The van der Waals surface area contributed by atoms with Crippen LogP contribution in [0.25, 0.3) is 10.9 Å². The minimum absolute atomic E-state index is 0. The van der Waals surface area contributed by atoms with Gasteiger partial charge in [-0.25, -0.2) is 9.97 Å². The number of pyridine rings is 1. The van der Waals surface area contributed by atoms with Gasteiger partial charge in [-0.1, -0.05) is 6.92 Å². The van der Waals surface area contributed by atoms with Gasteiger partial charge in [-0.2, -0.15) is 0 Å². The molecular formula is C23H30ClN5O5. The molecule has 1 aromatic carbocycles. The highest BCUT2D eigenvalue weighted by Crippen LogP contribution is 2.30. The lowest BCUT2D eigenvalue weighted by Gasteiger charge is -2.33. The van der Waals surface area contributed by atoms with Crippen LogP contribution in [-0.2, 0) is 4.79 Å². The Kier molecular flexibility index (Phi) is 9.79. The number of benzene rings is 1. The van der Waals surface area contributed by atoms with Gasteiger partial charge in [0.1, 0.15) is 18.1 Å². The molecule has 3 rings (SSSR count). The average molecular weight is 492 g/mol. The molecule has 5 N–H and O–H groups in total. The van der Waals surface area contributed by atoms with Crippen LogP contribution in [0.3, 0.4) is 0 Å². The summed E-state index contributed by atoms with van der Waals surface area (Å²) in [5.41, 5.74) is 13.1. The highest BCUT2D eigenvalue weighted by molar-refractivity contribution is 5.86. The summed E-state index contributed by atoms with van der Waals surface area (Å²) >= 11 is 0. The molecule has 0 amide bonds. The zero-order valence-corrected chi connectivity index (χ0v) is 20.0. The molecule has 0 radical (unpaired) electrons. The predicted octanol–water partition coefficient (Wildman–Crippen LogP) is 2.85. The Balaban J connectivity index is 0.00000408. The predicted molar refractivity (Wildman–Crippen MR) is 129 cm³/mol. The number of hydrogen-bond donors (Lipinski definition) is 3. The zero-order chi connectivity index (χ0) is 23.8. The Hall–Kier alpha value is -3.21. The van der Waals surface area contributed by atoms with Crippen LogP contribution in [0.2, 0.25) is 0 Å². The maximum absolute atomic E-state index is 10.7. The van der Waals surface area contributed by atoms with Crippen molar-refractivity contribution in [2.24, 2.45) is 11.5 Å². The van der Waals surface area contributed by atoms with E-state index >= 15 is 0 Å². The third-order valence-corrected chi connectivity index (χ3v) is 5.10. The second-order valence-electron chi connectivity index (χ2n) is 7.65. The number of aliphatic carboxylic acids is 1. The van der Waals surface area contributed by atoms with Crippen molar-refractivity contribution in [3.8, 4) is 17.5 Å². The molecule has 34 heavy (non-hydrogen) atoms. The van der Waals surface area contributed by atoms with Gasteiger partial charge in [0.05, 0.1) is 18.2 Å². The summed E-state index contributed by atoms with van der Waals surface area (Å²) in [6, 6.07) is 8.40. The quantitative estimate of drug-likeness (QED) is 0.254. The smallest absolute Gasteiger partial charge is 0.318 e. The molecule has 0 aliphatic heterocycles. The van der Waals surface area contributed by atoms with Crippen LogP contribution in [0.15, 0.2) is 42.7 Å². The van der Waals surface area contributed by atoms with Gasteiger partial charge in [0.25, 0.3) is 0 Å². The van der Waals surface area contributed by atoms with E-state index in [0.29, 0.717) is 30.9 Å². The van der Waals surface area contributed by atoms with Gasteiger partial charge in [0.2, 0.25) is 0 Å². The van der Waals surface area contributed by atoms with Crippen molar-refractivity contribution in [2.45, 2.75) is 44.9 Å². The Bertz CT molecular complexity index is 1090. The largest absolute Gasteiger partial charge is 0.494 e. The highest BCUT2D eigenvalue weighted by Gasteiger charge is 2.35. The standard InChI is InChI=1S/C23H29N5O5.ClH/c1-3-23(25,33-22-26-9-5-10-27-22)20(24)14-32-19-12-15(2)28-18-8-7-16(13-17(18)19)31-11-4-6-21(29)30;/h5,7-10,12-13,20H,3-4,6,11,14,24-25H2,1-2H3,(H,29,30);1H. The lowest BCUT2D eigenvalue weighted by atomic mass is 10.0. The molecule has 0 fully saturated rings. The average Bonchev–Trinajstić information content (AvgIpc) is 2.80. The summed E-state index contributed by atoms with van der Waals surface area (Å²) in [6.07, 6.45) is 4.01. The third kappa shape index (κ3) is 7.14. The van der Waals surface area contributed by atoms with Crippen molar-refractivity contribution >= 4 is 29.3 Å². The van der Waals surface area contributed by atoms with E-state index in [9.17, 15) is 4.79 Å². The fourth-order valence-electron chi connectivity index (χ4n) is 3.16. The highest BCUT2D eigenvalue weighted by atomic mass is 35.5. The molecular weight excluding hydrogens is 462 g/mol. The second kappa shape index (κ2) is 12.3. The van der Waals surface area contributed by atoms with Crippen molar-refractivity contribution in [3.05, 3.63) is 48.4 Å². The van der Waals surface area contributed by atoms with Crippen LogP contribution in [0.1, 0.15) is 31.9 Å². The number of ether oxygens (including phenoxy) is 3. The fraction of sp³-hybridized carbons (Fsp3) is 0.391. The van der Waals surface area contributed by atoms with Gasteiger partial charge >= 0.3 is 12.0 Å². The first-order valence-electron chi connectivity index (χ1n) is 10.7. The molecule has 0 saturated heterocycles. The SMILES string of the molecule is CCC(N)(Oc1ncccn1)C(N)COc1cc(C)nc2ccc(OCCCC(=O)O)cc12.Cl. The summed E-state index contributed by atoms with van der Waals surface area (Å²) < 4.78 is 17.5. The van der Waals surface area contributed by atoms with Crippen molar-refractivity contribution in [1.82, 2.24) is 15.0 Å². The first-order chi connectivity index (χ1) is 15.8. The Morgan fingerprint density at radius 1 is 1.21 bits per heavy atom. The lowest BCUT2D eigenvalue weighted by Crippen LogP contribution is -2.61. The summed E-state index contributed by atoms with van der Waals surface area (Å²) in [5, 5.41) is 9.51. The molecule has 10 nitrogen and oxygen atoms in total. The minimum atomic E-state index is -1.22. The van der Waals surface area contributed by atoms with E-state index in [1.165, 1.54) is 0 Å². The van der Waals surface area contributed by atoms with E-state index in [1.54, 1.807) is 24.5 Å². The maximum Gasteiger partial charge on any atom is 0.318 e. The van der Waals surface area contributed by atoms with E-state index in [4.69, 9.17) is 30.8 Å². The monoisotopic (exact) mass is 491 g/mol. The summed E-state index contributed by atoms with van der Waals surface area (Å²) in [7, 11) is 0. The van der Waals surface area contributed by atoms with Gasteiger partial charge in [-0.3, -0.25) is 15.5 Å². The molecule has 2 aromatic heterocycles. The van der Waals surface area contributed by atoms with E-state index < -0.39 is 17.7 Å². The fourth-order valence-corrected chi connectivity index (χ4v) is 3.16. The van der Waals surface area contributed by atoms with Crippen LogP contribution >= 0.6 is 12.4 Å². The summed E-state index contributed by atoms with van der Waals surface area (Å²) in [4.78, 5) is 23.3. The van der Waals surface area contributed by atoms with Crippen molar-refractivity contribution in [1.29, 1.82) is 0 Å².